The SMILES string of the molecule is OCOc1ccccc1S. The van der Waals surface area contributed by atoms with Crippen molar-refractivity contribution in [3.05, 3.63) is 24.3 Å². The molecule has 0 aliphatic carbocycles. The van der Waals surface area contributed by atoms with E-state index in [1.807, 2.05) is 12.1 Å². The molecule has 0 amide bonds. The molecule has 1 aromatic carbocycles. The van der Waals surface area contributed by atoms with Crippen LogP contribution in [0.1, 0.15) is 0 Å². The van der Waals surface area contributed by atoms with Gasteiger partial charge >= 0.3 is 0 Å². The summed E-state index contributed by atoms with van der Waals surface area (Å²) in [7, 11) is 0. The van der Waals surface area contributed by atoms with Crippen LogP contribution in [0, 0.1) is 0 Å². The monoisotopic (exact) mass is 156 g/mol. The fourth-order valence-corrected chi connectivity index (χ4v) is 0.874. The molecule has 0 aromatic heterocycles. The number of hydrogen-bond donors (Lipinski definition) is 2. The summed E-state index contributed by atoms with van der Waals surface area (Å²) in [5, 5.41) is 8.39. The molecule has 0 atom stereocenters. The molecule has 0 radical (unpaired) electrons. The molecule has 0 heterocycles. The summed E-state index contributed by atoms with van der Waals surface area (Å²) in [6.07, 6.45) is 0. The van der Waals surface area contributed by atoms with E-state index in [-0.39, 0.29) is 6.79 Å². The number of benzene rings is 1. The van der Waals surface area contributed by atoms with Gasteiger partial charge in [0.15, 0.2) is 6.79 Å². The zero-order chi connectivity index (χ0) is 7.40. The fourth-order valence-electron chi connectivity index (χ4n) is 0.649. The maximum atomic E-state index is 8.39. The Balaban J connectivity index is 2.81. The summed E-state index contributed by atoms with van der Waals surface area (Å²) in [5.41, 5.74) is 0. The summed E-state index contributed by atoms with van der Waals surface area (Å²) in [6, 6.07) is 7.23. The van der Waals surface area contributed by atoms with E-state index < -0.39 is 0 Å². The Kier molecular flexibility index (Phi) is 2.59. The van der Waals surface area contributed by atoms with E-state index in [2.05, 4.69) is 12.6 Å². The summed E-state index contributed by atoms with van der Waals surface area (Å²) >= 11 is 4.10. The molecule has 0 bridgehead atoms. The molecule has 0 fully saturated rings. The summed E-state index contributed by atoms with van der Waals surface area (Å²) < 4.78 is 4.82. The molecule has 1 rings (SSSR count). The van der Waals surface area contributed by atoms with Crippen LogP contribution >= 0.6 is 12.6 Å². The molecule has 1 aromatic rings. The van der Waals surface area contributed by atoms with Crippen molar-refractivity contribution in [2.24, 2.45) is 0 Å². The molecule has 0 aliphatic heterocycles. The normalized spacial score (nSPS) is 9.40. The maximum Gasteiger partial charge on any atom is 0.186 e. The zero-order valence-corrected chi connectivity index (χ0v) is 6.21. The van der Waals surface area contributed by atoms with Crippen molar-refractivity contribution in [3.8, 4) is 5.75 Å². The van der Waals surface area contributed by atoms with Crippen LogP contribution in [0.5, 0.6) is 5.75 Å². The first-order chi connectivity index (χ1) is 4.84. The Bertz CT molecular complexity index is 213. The average molecular weight is 156 g/mol. The minimum absolute atomic E-state index is 0.308. The van der Waals surface area contributed by atoms with Crippen molar-refractivity contribution >= 4 is 12.6 Å². The van der Waals surface area contributed by atoms with E-state index in [0.29, 0.717) is 5.75 Å². The largest absolute Gasteiger partial charge is 0.467 e. The minimum Gasteiger partial charge on any atom is -0.467 e. The van der Waals surface area contributed by atoms with Crippen molar-refractivity contribution in [3.63, 3.8) is 0 Å². The molecule has 0 saturated carbocycles. The molecule has 0 saturated heterocycles. The third-order valence-electron chi connectivity index (χ3n) is 1.09. The summed E-state index contributed by atoms with van der Waals surface area (Å²) in [5.74, 6) is 0.605. The van der Waals surface area contributed by atoms with Crippen molar-refractivity contribution < 1.29 is 9.84 Å². The number of para-hydroxylation sites is 1. The summed E-state index contributed by atoms with van der Waals surface area (Å²) in [6.45, 7) is -0.308. The van der Waals surface area contributed by atoms with E-state index in [1.165, 1.54) is 0 Å². The molecule has 0 spiro atoms. The first-order valence-corrected chi connectivity index (χ1v) is 3.31. The van der Waals surface area contributed by atoms with Gasteiger partial charge in [0.05, 0.1) is 0 Å². The summed E-state index contributed by atoms with van der Waals surface area (Å²) in [4.78, 5) is 0.733. The standard InChI is InChI=1S/C7H8O2S/c8-5-9-6-3-1-2-4-7(6)10/h1-4,8,10H,5H2. The predicted molar refractivity (Wildman–Crippen MR) is 41.4 cm³/mol. The van der Waals surface area contributed by atoms with Gasteiger partial charge < -0.3 is 9.84 Å². The van der Waals surface area contributed by atoms with Gasteiger partial charge in [-0.2, -0.15) is 0 Å². The van der Waals surface area contributed by atoms with Gasteiger partial charge in [0.25, 0.3) is 0 Å². The molecule has 54 valence electrons. The van der Waals surface area contributed by atoms with Gasteiger partial charge in [0.1, 0.15) is 5.75 Å². The lowest BCUT2D eigenvalue weighted by molar-refractivity contribution is 0.0959. The van der Waals surface area contributed by atoms with Crippen molar-refractivity contribution in [1.82, 2.24) is 0 Å². The third kappa shape index (κ3) is 1.65. The van der Waals surface area contributed by atoms with E-state index in [4.69, 9.17) is 9.84 Å². The van der Waals surface area contributed by atoms with Crippen LogP contribution in [0.3, 0.4) is 0 Å². The second kappa shape index (κ2) is 3.49. The van der Waals surface area contributed by atoms with Gasteiger partial charge in [0, 0.05) is 4.90 Å². The molecule has 2 nitrogen and oxygen atoms in total. The highest BCUT2D eigenvalue weighted by Crippen LogP contribution is 2.20. The molecule has 0 unspecified atom stereocenters. The van der Waals surface area contributed by atoms with Crippen molar-refractivity contribution in [2.45, 2.75) is 4.90 Å². The van der Waals surface area contributed by atoms with Crippen LogP contribution in [0.15, 0.2) is 29.2 Å². The number of ether oxygens (including phenoxy) is 1. The van der Waals surface area contributed by atoms with E-state index in [1.54, 1.807) is 12.1 Å². The van der Waals surface area contributed by atoms with Gasteiger partial charge in [-0.25, -0.2) is 0 Å². The first kappa shape index (κ1) is 7.44. The average Bonchev–Trinajstić information content (AvgIpc) is 1.94. The van der Waals surface area contributed by atoms with Gasteiger partial charge in [-0.3, -0.25) is 0 Å². The van der Waals surface area contributed by atoms with Crippen LogP contribution in [0.25, 0.3) is 0 Å². The Morgan fingerprint density at radius 1 is 1.40 bits per heavy atom. The number of aliphatic hydroxyl groups is 1. The van der Waals surface area contributed by atoms with Crippen LogP contribution in [0.4, 0.5) is 0 Å². The molecular formula is C7H8O2S. The van der Waals surface area contributed by atoms with Crippen LogP contribution < -0.4 is 4.74 Å². The predicted octanol–water partition coefficient (Wildman–Crippen LogP) is 1.30. The van der Waals surface area contributed by atoms with Crippen molar-refractivity contribution in [2.75, 3.05) is 6.79 Å². The minimum atomic E-state index is -0.308. The highest BCUT2D eigenvalue weighted by Gasteiger charge is 1.94. The first-order valence-electron chi connectivity index (χ1n) is 2.86. The second-order valence-corrected chi connectivity index (χ2v) is 2.22. The topological polar surface area (TPSA) is 29.5 Å². The highest BCUT2D eigenvalue weighted by atomic mass is 32.1. The highest BCUT2D eigenvalue weighted by molar-refractivity contribution is 7.80. The van der Waals surface area contributed by atoms with Gasteiger partial charge in [0.2, 0.25) is 0 Å². The number of aliphatic hydroxyl groups excluding tert-OH is 1. The van der Waals surface area contributed by atoms with E-state index in [0.717, 1.165) is 4.90 Å². The van der Waals surface area contributed by atoms with E-state index >= 15 is 0 Å². The lowest BCUT2D eigenvalue weighted by Gasteiger charge is -2.02. The number of thiol groups is 1. The van der Waals surface area contributed by atoms with E-state index in [9.17, 15) is 0 Å². The Morgan fingerprint density at radius 2 is 2.10 bits per heavy atom. The molecule has 1 N–H and O–H groups in total. The Hall–Kier alpha value is -0.670. The lowest BCUT2D eigenvalue weighted by atomic mass is 10.3. The second-order valence-electron chi connectivity index (χ2n) is 1.74. The zero-order valence-electron chi connectivity index (χ0n) is 5.32. The lowest BCUT2D eigenvalue weighted by Crippen LogP contribution is -1.94. The maximum absolute atomic E-state index is 8.39. The van der Waals surface area contributed by atoms with Crippen LogP contribution in [-0.2, 0) is 0 Å². The quantitative estimate of drug-likeness (QED) is 0.499. The molecular weight excluding hydrogens is 148 g/mol. The van der Waals surface area contributed by atoms with Gasteiger partial charge in [-0.05, 0) is 12.1 Å². The third-order valence-corrected chi connectivity index (χ3v) is 1.45. The number of hydrogen-bond acceptors (Lipinski definition) is 3. The fraction of sp³-hybridized carbons (Fsp3) is 0.143. The molecule has 10 heavy (non-hydrogen) atoms. The molecule has 3 heteroatoms. The van der Waals surface area contributed by atoms with Crippen molar-refractivity contribution in [1.29, 1.82) is 0 Å². The Labute approximate surface area is 64.9 Å². The van der Waals surface area contributed by atoms with Gasteiger partial charge in [-0.1, -0.05) is 12.1 Å². The van der Waals surface area contributed by atoms with Crippen LogP contribution in [-0.4, -0.2) is 11.9 Å². The van der Waals surface area contributed by atoms with Crippen LogP contribution in [0.2, 0.25) is 0 Å². The smallest absolute Gasteiger partial charge is 0.186 e. The Morgan fingerprint density at radius 3 is 2.70 bits per heavy atom. The van der Waals surface area contributed by atoms with Gasteiger partial charge in [-0.15, -0.1) is 12.6 Å². The number of rotatable bonds is 2. The molecule has 0 aliphatic rings.